The Bertz CT molecular complexity index is 796. The van der Waals surface area contributed by atoms with Crippen molar-refractivity contribution in [1.29, 1.82) is 0 Å². The van der Waals surface area contributed by atoms with Gasteiger partial charge in [0.15, 0.2) is 4.90 Å². The van der Waals surface area contributed by atoms with Gasteiger partial charge in [0.05, 0.1) is 16.8 Å². The van der Waals surface area contributed by atoms with Crippen molar-refractivity contribution in [3.05, 3.63) is 57.6 Å². The number of aromatic nitrogens is 1. The minimum Gasteiger partial charge on any atom is -0.278 e. The zero-order chi connectivity index (χ0) is 15.6. The van der Waals surface area contributed by atoms with E-state index in [4.69, 9.17) is 11.6 Å². The van der Waals surface area contributed by atoms with Crippen LogP contribution in [0.4, 0.5) is 15.8 Å². The fourth-order valence-electron chi connectivity index (χ4n) is 1.54. The van der Waals surface area contributed by atoms with Crippen molar-refractivity contribution < 1.29 is 17.7 Å². The van der Waals surface area contributed by atoms with E-state index in [1.54, 1.807) is 0 Å². The molecule has 0 aliphatic carbocycles. The molecule has 0 aliphatic heterocycles. The molecule has 0 unspecified atom stereocenters. The normalized spacial score (nSPS) is 11.1. The number of benzene rings is 1. The first-order chi connectivity index (χ1) is 9.81. The number of nitrogens with zero attached hydrogens (tertiary/aromatic N) is 2. The van der Waals surface area contributed by atoms with Crippen LogP contribution >= 0.6 is 11.6 Å². The molecule has 0 radical (unpaired) electrons. The number of halogens is 2. The van der Waals surface area contributed by atoms with Crippen LogP contribution in [0.3, 0.4) is 0 Å². The van der Waals surface area contributed by atoms with Gasteiger partial charge in [0.1, 0.15) is 5.15 Å². The summed E-state index contributed by atoms with van der Waals surface area (Å²) in [5.41, 5.74) is -1.08. The fraction of sp³-hybridized carbons (Fsp3) is 0. The molecule has 0 amide bonds. The Balaban J connectivity index is 2.47. The van der Waals surface area contributed by atoms with Crippen LogP contribution in [0.25, 0.3) is 0 Å². The first-order valence-corrected chi connectivity index (χ1v) is 7.24. The second-order valence-electron chi connectivity index (χ2n) is 3.82. The maximum absolute atomic E-state index is 13.5. The monoisotopic (exact) mass is 331 g/mol. The average molecular weight is 332 g/mol. The van der Waals surface area contributed by atoms with Gasteiger partial charge in [-0.3, -0.25) is 14.8 Å². The van der Waals surface area contributed by atoms with E-state index in [9.17, 15) is 22.9 Å². The summed E-state index contributed by atoms with van der Waals surface area (Å²) in [6, 6.07) is 5.46. The summed E-state index contributed by atoms with van der Waals surface area (Å²) >= 11 is 5.56. The summed E-state index contributed by atoms with van der Waals surface area (Å²) in [7, 11) is -4.34. The molecular weight excluding hydrogens is 325 g/mol. The summed E-state index contributed by atoms with van der Waals surface area (Å²) in [6.45, 7) is 0. The number of pyridine rings is 1. The predicted octanol–water partition coefficient (Wildman–Crippen LogP) is 2.58. The largest absolute Gasteiger partial charge is 0.325 e. The minimum atomic E-state index is -4.34. The number of nitrogens with one attached hydrogen (secondary N) is 1. The molecule has 0 saturated carbocycles. The Morgan fingerprint density at radius 3 is 2.57 bits per heavy atom. The molecule has 1 heterocycles. The molecule has 0 aliphatic rings. The maximum atomic E-state index is 13.5. The Kier molecular flexibility index (Phi) is 4.05. The molecule has 2 rings (SSSR count). The van der Waals surface area contributed by atoms with Gasteiger partial charge >= 0.3 is 5.69 Å². The highest BCUT2D eigenvalue weighted by Crippen LogP contribution is 2.28. The lowest BCUT2D eigenvalue weighted by Crippen LogP contribution is -2.15. The fourth-order valence-corrected chi connectivity index (χ4v) is 2.87. The quantitative estimate of drug-likeness (QED) is 0.527. The lowest BCUT2D eigenvalue weighted by molar-refractivity contribution is -0.390. The van der Waals surface area contributed by atoms with Gasteiger partial charge in [-0.2, -0.15) is 4.39 Å². The first kappa shape index (κ1) is 15.1. The Morgan fingerprint density at radius 2 is 2.00 bits per heavy atom. The van der Waals surface area contributed by atoms with Gasteiger partial charge in [-0.1, -0.05) is 17.7 Å². The van der Waals surface area contributed by atoms with Crippen molar-refractivity contribution in [3.63, 3.8) is 0 Å². The molecule has 2 aromatic rings. The van der Waals surface area contributed by atoms with Gasteiger partial charge in [-0.05, 0) is 24.3 Å². The van der Waals surface area contributed by atoms with Gasteiger partial charge in [0, 0.05) is 0 Å². The van der Waals surface area contributed by atoms with Crippen molar-refractivity contribution in [2.24, 2.45) is 0 Å². The lowest BCUT2D eigenvalue weighted by Gasteiger charge is -2.08. The zero-order valence-corrected chi connectivity index (χ0v) is 11.7. The Labute approximate surface area is 123 Å². The number of nitro benzene ring substituents is 1. The van der Waals surface area contributed by atoms with Crippen LogP contribution in [0.2, 0.25) is 5.15 Å². The average Bonchev–Trinajstić information content (AvgIpc) is 2.40. The van der Waals surface area contributed by atoms with Gasteiger partial charge < -0.3 is 0 Å². The molecule has 0 fully saturated rings. The molecule has 0 atom stereocenters. The number of para-hydroxylation sites is 1. The third-order valence-electron chi connectivity index (χ3n) is 2.40. The highest BCUT2D eigenvalue weighted by Gasteiger charge is 2.29. The van der Waals surface area contributed by atoms with Crippen LogP contribution in [-0.2, 0) is 10.0 Å². The third-order valence-corrected chi connectivity index (χ3v) is 4.04. The Morgan fingerprint density at radius 1 is 1.29 bits per heavy atom. The Hall–Kier alpha value is -2.26. The molecular formula is C11H7ClFN3O4S. The number of rotatable bonds is 4. The van der Waals surface area contributed by atoms with Gasteiger partial charge in [-0.15, -0.1) is 0 Å². The van der Waals surface area contributed by atoms with Crippen LogP contribution in [0.1, 0.15) is 0 Å². The molecule has 1 aromatic heterocycles. The SMILES string of the molecule is O=[N+]([O-])c1c(F)cccc1S(=O)(=O)Nc1ccc(Cl)nc1. The van der Waals surface area contributed by atoms with E-state index in [2.05, 4.69) is 9.71 Å². The second kappa shape index (κ2) is 5.62. The van der Waals surface area contributed by atoms with Crippen molar-refractivity contribution in [1.82, 2.24) is 4.98 Å². The number of anilines is 1. The highest BCUT2D eigenvalue weighted by atomic mass is 35.5. The van der Waals surface area contributed by atoms with Crippen molar-refractivity contribution in [2.75, 3.05) is 4.72 Å². The van der Waals surface area contributed by atoms with Gasteiger partial charge in [0.2, 0.25) is 5.82 Å². The zero-order valence-electron chi connectivity index (χ0n) is 10.2. The van der Waals surface area contributed by atoms with Crippen molar-refractivity contribution >= 4 is 33.0 Å². The topological polar surface area (TPSA) is 102 Å². The van der Waals surface area contributed by atoms with Crippen LogP contribution < -0.4 is 4.72 Å². The molecule has 0 saturated heterocycles. The van der Waals surface area contributed by atoms with Crippen LogP contribution in [-0.4, -0.2) is 18.3 Å². The summed E-state index contributed by atoms with van der Waals surface area (Å²) < 4.78 is 39.8. The molecule has 21 heavy (non-hydrogen) atoms. The predicted molar refractivity (Wildman–Crippen MR) is 73.1 cm³/mol. The van der Waals surface area contributed by atoms with Gasteiger partial charge in [-0.25, -0.2) is 13.4 Å². The van der Waals surface area contributed by atoms with E-state index >= 15 is 0 Å². The molecule has 7 nitrogen and oxygen atoms in total. The minimum absolute atomic E-state index is 0.0398. The summed E-state index contributed by atoms with van der Waals surface area (Å²) in [6.07, 6.45) is 1.13. The van der Waals surface area contributed by atoms with Crippen molar-refractivity contribution in [2.45, 2.75) is 4.90 Å². The molecule has 1 aromatic carbocycles. The number of hydrogen-bond donors (Lipinski definition) is 1. The van der Waals surface area contributed by atoms with Crippen LogP contribution in [0, 0.1) is 15.9 Å². The number of sulfonamides is 1. The third kappa shape index (κ3) is 3.26. The van der Waals surface area contributed by atoms with E-state index in [0.717, 1.165) is 24.4 Å². The number of nitro groups is 1. The lowest BCUT2D eigenvalue weighted by atomic mass is 10.3. The van der Waals surface area contributed by atoms with Crippen molar-refractivity contribution in [3.8, 4) is 0 Å². The first-order valence-electron chi connectivity index (χ1n) is 5.38. The number of hydrogen-bond acceptors (Lipinski definition) is 5. The highest BCUT2D eigenvalue weighted by molar-refractivity contribution is 7.92. The van der Waals surface area contributed by atoms with Gasteiger partial charge in [0.25, 0.3) is 10.0 Å². The smallest absolute Gasteiger partial charge is 0.278 e. The summed E-state index contributed by atoms with van der Waals surface area (Å²) in [5, 5.41) is 11.0. The molecule has 10 heteroatoms. The summed E-state index contributed by atoms with van der Waals surface area (Å²) in [5.74, 6) is -1.24. The maximum Gasteiger partial charge on any atom is 0.325 e. The summed E-state index contributed by atoms with van der Waals surface area (Å²) in [4.78, 5) is 12.6. The van der Waals surface area contributed by atoms with E-state index in [1.165, 1.54) is 12.1 Å². The molecule has 0 bridgehead atoms. The molecule has 0 spiro atoms. The van der Waals surface area contributed by atoms with E-state index in [-0.39, 0.29) is 10.8 Å². The second-order valence-corrected chi connectivity index (χ2v) is 5.86. The van der Waals surface area contributed by atoms with E-state index < -0.39 is 31.3 Å². The van der Waals surface area contributed by atoms with E-state index in [0.29, 0.717) is 0 Å². The van der Waals surface area contributed by atoms with Crippen LogP contribution in [0.15, 0.2) is 41.4 Å². The van der Waals surface area contributed by atoms with E-state index in [1.807, 2.05) is 0 Å². The molecule has 110 valence electrons. The standard InChI is InChI=1S/C11H7ClFN3O4S/c12-10-5-4-7(6-14-10)15-21(19,20)9-3-1-2-8(13)11(9)16(17)18/h1-6,15H. The van der Waals surface area contributed by atoms with Crippen LogP contribution in [0.5, 0.6) is 0 Å². The molecule has 1 N–H and O–H groups in total.